The molecule has 0 saturated carbocycles. The number of nitrogens with zero attached hydrogens (tertiary/aromatic N) is 2. The second kappa shape index (κ2) is 9.11. The van der Waals surface area contributed by atoms with Gasteiger partial charge in [0.2, 0.25) is 0 Å². The van der Waals surface area contributed by atoms with Crippen molar-refractivity contribution in [1.29, 1.82) is 0 Å². The minimum Gasteiger partial charge on any atom is -0.356 e. The molecule has 1 aromatic carbocycles. The summed E-state index contributed by atoms with van der Waals surface area (Å²) in [6.07, 6.45) is 0.702. The van der Waals surface area contributed by atoms with Crippen molar-refractivity contribution < 1.29 is 21.6 Å². The van der Waals surface area contributed by atoms with Crippen LogP contribution in [-0.4, -0.2) is 50.9 Å². The number of guanidine groups is 1. The van der Waals surface area contributed by atoms with Gasteiger partial charge in [-0.15, -0.1) is 0 Å². The molecule has 0 aromatic heterocycles. The van der Waals surface area contributed by atoms with Gasteiger partial charge in [-0.05, 0) is 30.4 Å². The number of piperidine rings is 1. The van der Waals surface area contributed by atoms with Gasteiger partial charge in [0.1, 0.15) is 0 Å². The van der Waals surface area contributed by atoms with Crippen molar-refractivity contribution in [1.82, 2.24) is 14.9 Å². The summed E-state index contributed by atoms with van der Waals surface area (Å²) in [5, 5.41) is 6.87. The highest BCUT2D eigenvalue weighted by Crippen LogP contribution is 2.30. The Morgan fingerprint density at radius 2 is 1.89 bits per heavy atom. The van der Waals surface area contributed by atoms with Crippen LogP contribution < -0.4 is 10.6 Å². The first-order chi connectivity index (χ1) is 12.6. The van der Waals surface area contributed by atoms with Crippen LogP contribution >= 0.6 is 11.6 Å². The molecule has 11 heteroatoms. The van der Waals surface area contributed by atoms with Crippen LogP contribution in [0.25, 0.3) is 0 Å². The van der Waals surface area contributed by atoms with E-state index in [1.54, 1.807) is 13.1 Å². The van der Waals surface area contributed by atoms with Crippen molar-refractivity contribution in [3.8, 4) is 0 Å². The van der Waals surface area contributed by atoms with E-state index in [1.165, 1.54) is 0 Å². The molecule has 0 bridgehead atoms. The maximum Gasteiger partial charge on any atom is 0.511 e. The van der Waals surface area contributed by atoms with E-state index in [1.807, 2.05) is 18.2 Å². The van der Waals surface area contributed by atoms with Crippen LogP contribution in [0.4, 0.5) is 13.2 Å². The first kappa shape index (κ1) is 21.8. The van der Waals surface area contributed by atoms with E-state index in [0.29, 0.717) is 41.2 Å². The van der Waals surface area contributed by atoms with Crippen LogP contribution in [-0.2, 0) is 16.6 Å². The zero-order chi connectivity index (χ0) is 20.1. The highest BCUT2D eigenvalue weighted by Gasteiger charge is 2.50. The Labute approximate surface area is 161 Å². The topological polar surface area (TPSA) is 73.8 Å². The third-order valence-corrected chi connectivity index (χ3v) is 6.39. The summed E-state index contributed by atoms with van der Waals surface area (Å²) in [5.74, 6) is 0.601. The number of rotatable bonds is 5. The maximum absolute atomic E-state index is 12.6. The molecule has 1 aliphatic rings. The lowest BCUT2D eigenvalue weighted by Gasteiger charge is -2.31. The largest absolute Gasteiger partial charge is 0.511 e. The Bertz CT molecular complexity index is 763. The average molecular weight is 427 g/mol. The van der Waals surface area contributed by atoms with E-state index < -0.39 is 15.5 Å². The average Bonchev–Trinajstić information content (AvgIpc) is 2.62. The van der Waals surface area contributed by atoms with Gasteiger partial charge in [0.15, 0.2) is 5.96 Å². The molecule has 0 radical (unpaired) electrons. The standard InChI is InChI=1S/C16H22ClF3N4O2S/c1-21-15(23-11-13-4-2-3-5-14(13)17)22-10-12-6-8-24(9-7-12)27(25,26)16(18,19)20/h2-5,12H,6-11H2,1H3,(H2,21,22,23). The van der Waals surface area contributed by atoms with Crippen molar-refractivity contribution in [2.45, 2.75) is 24.9 Å². The molecule has 1 aromatic rings. The second-order valence-corrected chi connectivity index (χ2v) is 8.53. The fraction of sp³-hybridized carbons (Fsp3) is 0.562. The molecule has 0 amide bonds. The first-order valence-corrected chi connectivity index (χ1v) is 10.2. The van der Waals surface area contributed by atoms with Gasteiger partial charge in [0.25, 0.3) is 0 Å². The minimum atomic E-state index is -5.25. The zero-order valence-electron chi connectivity index (χ0n) is 14.8. The molecule has 0 spiro atoms. The lowest BCUT2D eigenvalue weighted by molar-refractivity contribution is -0.0496. The number of alkyl halides is 3. The van der Waals surface area contributed by atoms with Gasteiger partial charge in [-0.3, -0.25) is 4.99 Å². The first-order valence-electron chi connectivity index (χ1n) is 8.39. The van der Waals surface area contributed by atoms with E-state index in [2.05, 4.69) is 15.6 Å². The number of sulfonamides is 1. The number of hydrogen-bond acceptors (Lipinski definition) is 3. The summed E-state index contributed by atoms with van der Waals surface area (Å²) in [4.78, 5) is 4.10. The van der Waals surface area contributed by atoms with Crippen molar-refractivity contribution in [3.63, 3.8) is 0 Å². The predicted octanol–water partition coefficient (Wildman–Crippen LogP) is 2.57. The van der Waals surface area contributed by atoms with Crippen LogP contribution in [0.5, 0.6) is 0 Å². The van der Waals surface area contributed by atoms with E-state index >= 15 is 0 Å². The third kappa shape index (κ3) is 5.73. The fourth-order valence-electron chi connectivity index (χ4n) is 2.78. The molecule has 27 heavy (non-hydrogen) atoms. The molecule has 0 aliphatic carbocycles. The van der Waals surface area contributed by atoms with Gasteiger partial charge in [-0.1, -0.05) is 29.8 Å². The molecule has 0 atom stereocenters. The van der Waals surface area contributed by atoms with Crippen LogP contribution in [0, 0.1) is 5.92 Å². The highest BCUT2D eigenvalue weighted by atomic mass is 35.5. The highest BCUT2D eigenvalue weighted by molar-refractivity contribution is 7.90. The van der Waals surface area contributed by atoms with E-state index in [-0.39, 0.29) is 19.0 Å². The van der Waals surface area contributed by atoms with E-state index in [0.717, 1.165) is 5.56 Å². The van der Waals surface area contributed by atoms with Gasteiger partial charge in [0.05, 0.1) is 0 Å². The molecule has 2 rings (SSSR count). The van der Waals surface area contributed by atoms with Gasteiger partial charge in [-0.25, -0.2) is 8.42 Å². The SMILES string of the molecule is CN=C(NCc1ccccc1Cl)NCC1CCN(S(=O)(=O)C(F)(F)F)CC1. The summed E-state index contributed by atoms with van der Waals surface area (Å²) in [7, 11) is -3.63. The van der Waals surface area contributed by atoms with Crippen molar-refractivity contribution in [3.05, 3.63) is 34.9 Å². The normalized spacial score (nSPS) is 17.7. The molecule has 6 nitrogen and oxygen atoms in total. The summed E-state index contributed by atoms with van der Waals surface area (Å²) in [6.45, 7) is 0.684. The molecular weight excluding hydrogens is 405 g/mol. The van der Waals surface area contributed by atoms with Crippen molar-refractivity contribution in [2.75, 3.05) is 26.7 Å². The van der Waals surface area contributed by atoms with Crippen molar-refractivity contribution >= 4 is 27.6 Å². The molecule has 1 aliphatic heterocycles. The number of aliphatic imine (C=N–C) groups is 1. The summed E-state index contributed by atoms with van der Waals surface area (Å²) >= 11 is 6.10. The van der Waals surface area contributed by atoms with Crippen LogP contribution in [0.2, 0.25) is 5.02 Å². The Balaban J connectivity index is 1.79. The number of nitrogens with one attached hydrogen (secondary N) is 2. The van der Waals surface area contributed by atoms with Gasteiger partial charge < -0.3 is 10.6 Å². The number of hydrogen-bond donors (Lipinski definition) is 2. The molecule has 2 N–H and O–H groups in total. The van der Waals surface area contributed by atoms with Crippen LogP contribution in [0.1, 0.15) is 18.4 Å². The Morgan fingerprint density at radius 3 is 2.44 bits per heavy atom. The van der Waals surface area contributed by atoms with Gasteiger partial charge in [-0.2, -0.15) is 17.5 Å². The maximum atomic E-state index is 12.6. The van der Waals surface area contributed by atoms with Crippen LogP contribution in [0.3, 0.4) is 0 Å². The summed E-state index contributed by atoms with van der Waals surface area (Å²) < 4.78 is 61.1. The molecule has 152 valence electrons. The number of benzene rings is 1. The lowest BCUT2D eigenvalue weighted by Crippen LogP contribution is -2.47. The molecule has 1 saturated heterocycles. The molecule has 0 unspecified atom stereocenters. The molecule has 1 fully saturated rings. The van der Waals surface area contributed by atoms with Gasteiger partial charge in [0, 0.05) is 38.2 Å². The van der Waals surface area contributed by atoms with Crippen molar-refractivity contribution in [2.24, 2.45) is 10.9 Å². The second-order valence-electron chi connectivity index (χ2n) is 6.19. The Kier molecular flexibility index (Phi) is 7.35. The van der Waals surface area contributed by atoms with Crippen LogP contribution in [0.15, 0.2) is 29.3 Å². The molecular formula is C16H22ClF3N4O2S. The zero-order valence-corrected chi connectivity index (χ0v) is 16.3. The predicted molar refractivity (Wildman–Crippen MR) is 98.9 cm³/mol. The van der Waals surface area contributed by atoms with Gasteiger partial charge >= 0.3 is 15.5 Å². The summed E-state index contributed by atoms with van der Waals surface area (Å²) in [5.41, 5.74) is -4.34. The Hall–Kier alpha value is -1.52. The Morgan fingerprint density at radius 1 is 1.26 bits per heavy atom. The van der Waals surface area contributed by atoms with E-state index in [4.69, 9.17) is 11.6 Å². The van der Waals surface area contributed by atoms with E-state index in [9.17, 15) is 21.6 Å². The molecule has 1 heterocycles. The number of halogens is 4. The smallest absolute Gasteiger partial charge is 0.356 e. The third-order valence-electron chi connectivity index (χ3n) is 4.39. The summed E-state index contributed by atoms with van der Waals surface area (Å²) in [6, 6.07) is 7.39. The quantitative estimate of drug-likeness (QED) is 0.560. The lowest BCUT2D eigenvalue weighted by atomic mass is 9.98. The fourth-order valence-corrected chi connectivity index (χ4v) is 3.97. The minimum absolute atomic E-state index is 0.0588. The monoisotopic (exact) mass is 426 g/mol.